The molecule has 0 saturated carbocycles. The highest BCUT2D eigenvalue weighted by Crippen LogP contribution is 2.27. The summed E-state index contributed by atoms with van der Waals surface area (Å²) in [6.45, 7) is 10.6. The summed E-state index contributed by atoms with van der Waals surface area (Å²) in [5.41, 5.74) is 1.85. The summed E-state index contributed by atoms with van der Waals surface area (Å²) < 4.78 is 0. The van der Waals surface area contributed by atoms with Gasteiger partial charge in [-0.05, 0) is 44.4 Å². The Morgan fingerprint density at radius 2 is 1.82 bits per heavy atom. The van der Waals surface area contributed by atoms with Gasteiger partial charge in [0, 0.05) is 24.2 Å². The lowest BCUT2D eigenvalue weighted by atomic mass is 10.0. The van der Waals surface area contributed by atoms with Crippen LogP contribution < -0.4 is 10.2 Å². The Kier molecular flexibility index (Phi) is 4.59. The molecule has 2 amide bonds. The van der Waals surface area contributed by atoms with Crippen molar-refractivity contribution >= 4 is 17.5 Å². The molecule has 1 heterocycles. The minimum atomic E-state index is -0.271. The molecule has 1 fully saturated rings. The van der Waals surface area contributed by atoms with Crippen molar-refractivity contribution in [1.29, 1.82) is 0 Å². The molecule has 0 aromatic heterocycles. The Balaban J connectivity index is 2.08. The van der Waals surface area contributed by atoms with Gasteiger partial charge in [-0.1, -0.05) is 26.0 Å². The number of carbonyl (C=O) groups excluding carboxylic acids is 2. The number of nitrogens with zero attached hydrogens (tertiary/aromatic N) is 1. The van der Waals surface area contributed by atoms with Crippen molar-refractivity contribution in [1.82, 2.24) is 5.32 Å². The third-order valence-corrected chi connectivity index (χ3v) is 3.87. The Hall–Kier alpha value is -1.84. The van der Waals surface area contributed by atoms with Crippen LogP contribution in [0.2, 0.25) is 0 Å². The lowest BCUT2D eigenvalue weighted by Crippen LogP contribution is -2.44. The first kappa shape index (κ1) is 16.5. The van der Waals surface area contributed by atoms with Gasteiger partial charge in [0.2, 0.25) is 11.8 Å². The summed E-state index contributed by atoms with van der Waals surface area (Å²) in [5.74, 6) is 0.179. The Morgan fingerprint density at radius 3 is 2.32 bits per heavy atom. The van der Waals surface area contributed by atoms with Crippen molar-refractivity contribution in [2.24, 2.45) is 5.92 Å². The van der Waals surface area contributed by atoms with Gasteiger partial charge in [0.1, 0.15) is 0 Å². The molecule has 0 aliphatic carbocycles. The van der Waals surface area contributed by atoms with Gasteiger partial charge < -0.3 is 10.2 Å². The van der Waals surface area contributed by atoms with E-state index in [0.29, 0.717) is 12.5 Å². The topological polar surface area (TPSA) is 49.4 Å². The molecule has 0 spiro atoms. The van der Waals surface area contributed by atoms with Crippen molar-refractivity contribution in [3.63, 3.8) is 0 Å². The van der Waals surface area contributed by atoms with E-state index >= 15 is 0 Å². The molecule has 2 rings (SSSR count). The number of anilines is 1. The van der Waals surface area contributed by atoms with E-state index in [0.717, 1.165) is 5.69 Å². The molecule has 4 heteroatoms. The average Bonchev–Trinajstić information content (AvgIpc) is 2.79. The summed E-state index contributed by atoms with van der Waals surface area (Å²) in [5, 5.41) is 2.96. The van der Waals surface area contributed by atoms with Gasteiger partial charge in [0.05, 0.1) is 5.92 Å². The maximum atomic E-state index is 12.2. The Bertz CT molecular complexity index is 555. The highest BCUT2D eigenvalue weighted by atomic mass is 16.2. The Morgan fingerprint density at radius 1 is 1.23 bits per heavy atom. The second-order valence-corrected chi connectivity index (χ2v) is 7.39. The van der Waals surface area contributed by atoms with E-state index in [1.165, 1.54) is 5.56 Å². The number of carbonyl (C=O) groups is 2. The number of hydrogen-bond donors (Lipinski definition) is 1. The van der Waals surface area contributed by atoms with Gasteiger partial charge in [0.25, 0.3) is 0 Å². The number of hydrogen-bond acceptors (Lipinski definition) is 2. The van der Waals surface area contributed by atoms with E-state index < -0.39 is 0 Å². The van der Waals surface area contributed by atoms with E-state index in [9.17, 15) is 9.59 Å². The van der Waals surface area contributed by atoms with Gasteiger partial charge >= 0.3 is 0 Å². The molecule has 4 nitrogen and oxygen atoms in total. The Labute approximate surface area is 132 Å². The summed E-state index contributed by atoms with van der Waals surface area (Å²) in [6.07, 6.45) is 0.286. The molecule has 0 unspecified atom stereocenters. The zero-order valence-electron chi connectivity index (χ0n) is 14.1. The molecule has 22 heavy (non-hydrogen) atoms. The highest BCUT2D eigenvalue weighted by Gasteiger charge is 2.36. The molecule has 1 aromatic rings. The van der Waals surface area contributed by atoms with Crippen LogP contribution in [-0.4, -0.2) is 23.9 Å². The summed E-state index contributed by atoms with van der Waals surface area (Å²) >= 11 is 0. The quantitative estimate of drug-likeness (QED) is 0.933. The minimum Gasteiger partial charge on any atom is -0.351 e. The first-order valence-electron chi connectivity index (χ1n) is 7.90. The molecule has 1 atom stereocenters. The standard InChI is InChI=1S/C18H26N2O2/c1-12(2)13-6-8-15(9-7-13)20-11-14(10-16(20)21)17(22)19-18(3,4)5/h6-9,12,14H,10-11H2,1-5H3,(H,19,22)/t14-/m0/s1. The molecular formula is C18H26N2O2. The summed E-state index contributed by atoms with van der Waals surface area (Å²) in [4.78, 5) is 26.2. The third kappa shape index (κ3) is 3.87. The van der Waals surface area contributed by atoms with Crippen LogP contribution >= 0.6 is 0 Å². The second-order valence-electron chi connectivity index (χ2n) is 7.39. The number of amides is 2. The first-order chi connectivity index (χ1) is 10.2. The predicted octanol–water partition coefficient (Wildman–Crippen LogP) is 3.08. The molecule has 1 aliphatic heterocycles. The molecule has 1 aromatic carbocycles. The van der Waals surface area contributed by atoms with Crippen LogP contribution in [0.15, 0.2) is 24.3 Å². The normalized spacial score (nSPS) is 18.9. The zero-order valence-corrected chi connectivity index (χ0v) is 14.1. The SMILES string of the molecule is CC(C)c1ccc(N2C[C@@H](C(=O)NC(C)(C)C)CC2=O)cc1. The van der Waals surface area contributed by atoms with Gasteiger partial charge in [-0.3, -0.25) is 9.59 Å². The minimum absolute atomic E-state index is 0.0198. The number of nitrogens with one attached hydrogen (secondary N) is 1. The van der Waals surface area contributed by atoms with Crippen molar-refractivity contribution in [3.05, 3.63) is 29.8 Å². The lowest BCUT2D eigenvalue weighted by molar-refractivity contribution is -0.127. The van der Waals surface area contributed by atoms with E-state index in [1.54, 1.807) is 4.90 Å². The fourth-order valence-electron chi connectivity index (χ4n) is 2.64. The molecular weight excluding hydrogens is 276 g/mol. The van der Waals surface area contributed by atoms with Crippen molar-refractivity contribution in [3.8, 4) is 0 Å². The fourth-order valence-corrected chi connectivity index (χ4v) is 2.64. The van der Waals surface area contributed by atoms with E-state index in [1.807, 2.05) is 32.9 Å². The van der Waals surface area contributed by atoms with Gasteiger partial charge in [-0.15, -0.1) is 0 Å². The van der Waals surface area contributed by atoms with Crippen molar-refractivity contribution in [2.75, 3.05) is 11.4 Å². The van der Waals surface area contributed by atoms with Gasteiger partial charge in [-0.25, -0.2) is 0 Å². The molecule has 120 valence electrons. The van der Waals surface area contributed by atoms with Crippen LogP contribution in [0.3, 0.4) is 0 Å². The van der Waals surface area contributed by atoms with Gasteiger partial charge in [-0.2, -0.15) is 0 Å². The molecule has 1 aliphatic rings. The van der Waals surface area contributed by atoms with Crippen LogP contribution in [0.4, 0.5) is 5.69 Å². The van der Waals surface area contributed by atoms with Crippen LogP contribution in [-0.2, 0) is 9.59 Å². The van der Waals surface area contributed by atoms with Crippen LogP contribution in [0.1, 0.15) is 52.5 Å². The monoisotopic (exact) mass is 302 g/mol. The zero-order chi connectivity index (χ0) is 16.5. The number of benzene rings is 1. The van der Waals surface area contributed by atoms with E-state index in [-0.39, 0.29) is 29.7 Å². The number of rotatable bonds is 3. The summed E-state index contributed by atoms with van der Waals surface area (Å²) in [6, 6.07) is 8.04. The predicted molar refractivity (Wildman–Crippen MR) is 88.9 cm³/mol. The maximum Gasteiger partial charge on any atom is 0.227 e. The van der Waals surface area contributed by atoms with Crippen LogP contribution in [0, 0.1) is 5.92 Å². The smallest absolute Gasteiger partial charge is 0.227 e. The largest absolute Gasteiger partial charge is 0.351 e. The third-order valence-electron chi connectivity index (χ3n) is 3.87. The van der Waals surface area contributed by atoms with E-state index in [2.05, 4.69) is 31.3 Å². The second kappa shape index (κ2) is 6.11. The molecule has 1 saturated heterocycles. The highest BCUT2D eigenvalue weighted by molar-refractivity contribution is 6.00. The first-order valence-corrected chi connectivity index (χ1v) is 7.90. The molecule has 1 N–H and O–H groups in total. The van der Waals surface area contributed by atoms with Crippen molar-refractivity contribution < 1.29 is 9.59 Å². The summed E-state index contributed by atoms with van der Waals surface area (Å²) in [7, 11) is 0. The molecule has 0 bridgehead atoms. The lowest BCUT2D eigenvalue weighted by Gasteiger charge is -2.23. The maximum absolute atomic E-state index is 12.2. The average molecular weight is 302 g/mol. The van der Waals surface area contributed by atoms with Crippen molar-refractivity contribution in [2.45, 2.75) is 52.5 Å². The van der Waals surface area contributed by atoms with Crippen LogP contribution in [0.25, 0.3) is 0 Å². The molecule has 0 radical (unpaired) electrons. The van der Waals surface area contributed by atoms with Gasteiger partial charge in [0.15, 0.2) is 0 Å². The van der Waals surface area contributed by atoms with E-state index in [4.69, 9.17) is 0 Å². The fraction of sp³-hybridized carbons (Fsp3) is 0.556. The van der Waals surface area contributed by atoms with Crippen LogP contribution in [0.5, 0.6) is 0 Å².